The second-order valence-corrected chi connectivity index (χ2v) is 6.93. The average Bonchev–Trinajstić information content (AvgIpc) is 3.38. The van der Waals surface area contributed by atoms with Gasteiger partial charge in [0.15, 0.2) is 11.7 Å². The van der Waals surface area contributed by atoms with Crippen LogP contribution in [0, 0.1) is 0 Å². The van der Waals surface area contributed by atoms with E-state index in [-0.39, 0.29) is 24.0 Å². The molecule has 0 saturated heterocycles. The van der Waals surface area contributed by atoms with Crippen molar-refractivity contribution in [1.82, 2.24) is 30.2 Å². The van der Waals surface area contributed by atoms with Crippen molar-refractivity contribution in [3.63, 3.8) is 0 Å². The fourth-order valence-electron chi connectivity index (χ4n) is 2.41. The number of nitrogens with one attached hydrogen (secondary N) is 2. The largest absolute Gasteiger partial charge is 0.434 e. The molecule has 0 spiro atoms. The Morgan fingerprint density at radius 3 is 2.70 bits per heavy atom. The molecule has 3 aromatic heterocycles. The number of alkyl halides is 3. The van der Waals surface area contributed by atoms with Crippen LogP contribution in [-0.2, 0) is 19.1 Å². The zero-order valence-electron chi connectivity index (χ0n) is 16.1. The lowest BCUT2D eigenvalue weighted by atomic mass is 10.3. The van der Waals surface area contributed by atoms with Crippen LogP contribution in [0.4, 0.5) is 13.2 Å². The molecule has 0 bridgehead atoms. The van der Waals surface area contributed by atoms with Gasteiger partial charge in [0, 0.05) is 43.5 Å². The van der Waals surface area contributed by atoms with Crippen LogP contribution in [0.15, 0.2) is 47.4 Å². The summed E-state index contributed by atoms with van der Waals surface area (Å²) in [5.41, 5.74) is 0.0884. The summed E-state index contributed by atoms with van der Waals surface area (Å²) in [5, 5.41) is 7.69. The third kappa shape index (κ3) is 6.93. The smallest absolute Gasteiger partial charge is 0.357 e. The summed E-state index contributed by atoms with van der Waals surface area (Å²) < 4.78 is 39.6. The van der Waals surface area contributed by atoms with Gasteiger partial charge in [-0.15, -0.1) is 35.3 Å². The number of aromatic nitrogens is 4. The number of hydrogen-bond donors (Lipinski definition) is 2. The summed E-state index contributed by atoms with van der Waals surface area (Å²) in [6.07, 6.45) is 2.90. The monoisotopic (exact) mass is 551 g/mol. The van der Waals surface area contributed by atoms with Gasteiger partial charge in [0.1, 0.15) is 12.1 Å². The first kappa shape index (κ1) is 24.1. The van der Waals surface area contributed by atoms with Crippen molar-refractivity contribution in [1.29, 1.82) is 0 Å². The lowest BCUT2D eigenvalue weighted by Gasteiger charge is -2.10. The molecule has 0 aliphatic heterocycles. The Morgan fingerprint density at radius 1 is 1.27 bits per heavy atom. The van der Waals surface area contributed by atoms with Gasteiger partial charge in [-0.2, -0.15) is 13.2 Å². The van der Waals surface area contributed by atoms with Crippen LogP contribution >= 0.6 is 35.3 Å². The Morgan fingerprint density at radius 2 is 2.10 bits per heavy atom. The molecule has 7 nitrogen and oxygen atoms in total. The third-order valence-corrected chi connectivity index (χ3v) is 4.72. The number of aliphatic imine (C=N–C) groups is 1. The first-order chi connectivity index (χ1) is 14.0. The van der Waals surface area contributed by atoms with Crippen molar-refractivity contribution in [2.45, 2.75) is 26.1 Å². The van der Waals surface area contributed by atoms with Crippen LogP contribution < -0.4 is 10.6 Å². The Balaban J connectivity index is 0.00000320. The van der Waals surface area contributed by atoms with Crippen LogP contribution in [0.2, 0.25) is 0 Å². The summed E-state index contributed by atoms with van der Waals surface area (Å²) in [6, 6.07) is 3.82. The number of rotatable bonds is 7. The van der Waals surface area contributed by atoms with Crippen molar-refractivity contribution in [2.75, 3.05) is 13.1 Å². The molecular weight excluding hydrogens is 530 g/mol. The van der Waals surface area contributed by atoms with Crippen LogP contribution in [0.3, 0.4) is 0 Å². The molecule has 0 amide bonds. The maximum absolute atomic E-state index is 12.6. The first-order valence-corrected chi connectivity index (χ1v) is 9.80. The minimum atomic E-state index is -4.40. The molecule has 3 aromatic rings. The first-order valence-electron chi connectivity index (χ1n) is 8.92. The number of pyridine rings is 1. The van der Waals surface area contributed by atoms with Gasteiger partial charge in [0.2, 0.25) is 0 Å². The summed E-state index contributed by atoms with van der Waals surface area (Å²) in [6.45, 7) is 3.45. The summed E-state index contributed by atoms with van der Waals surface area (Å²) >= 11 is 1.01. The van der Waals surface area contributed by atoms with Crippen LogP contribution in [0.5, 0.6) is 0 Å². The van der Waals surface area contributed by atoms with E-state index in [1.165, 1.54) is 0 Å². The fourth-order valence-corrected chi connectivity index (χ4v) is 3.22. The molecule has 0 aliphatic rings. The molecule has 162 valence electrons. The molecular formula is C18H21F3IN7S. The van der Waals surface area contributed by atoms with Crippen molar-refractivity contribution in [3.8, 4) is 5.82 Å². The Labute approximate surface area is 192 Å². The molecule has 0 saturated carbocycles. The summed E-state index contributed by atoms with van der Waals surface area (Å²) in [4.78, 5) is 16.5. The summed E-state index contributed by atoms with van der Waals surface area (Å²) in [7, 11) is 0. The molecule has 0 unspecified atom stereocenters. The Kier molecular flexibility index (Phi) is 9.02. The van der Waals surface area contributed by atoms with Crippen molar-refractivity contribution in [2.24, 2.45) is 4.99 Å². The van der Waals surface area contributed by atoms with E-state index in [9.17, 15) is 13.2 Å². The van der Waals surface area contributed by atoms with Gasteiger partial charge in [-0.1, -0.05) is 6.07 Å². The van der Waals surface area contributed by atoms with Gasteiger partial charge in [0.05, 0.1) is 11.6 Å². The predicted octanol–water partition coefficient (Wildman–Crippen LogP) is 3.66. The SMILES string of the molecule is CCNC(=NCc1ccc(-n2ccnc2)nc1)NCCc1nc(C(F)(F)F)cs1.I. The van der Waals surface area contributed by atoms with Crippen molar-refractivity contribution in [3.05, 3.63) is 58.7 Å². The predicted molar refractivity (Wildman–Crippen MR) is 120 cm³/mol. The van der Waals surface area contributed by atoms with E-state index in [4.69, 9.17) is 0 Å². The molecule has 30 heavy (non-hydrogen) atoms. The summed E-state index contributed by atoms with van der Waals surface area (Å²) in [5.74, 6) is 1.35. The third-order valence-electron chi connectivity index (χ3n) is 3.82. The lowest BCUT2D eigenvalue weighted by Crippen LogP contribution is -2.38. The van der Waals surface area contributed by atoms with Crippen molar-refractivity contribution >= 4 is 41.3 Å². The number of guanidine groups is 1. The van der Waals surface area contributed by atoms with Gasteiger partial charge in [-0.25, -0.2) is 19.9 Å². The highest BCUT2D eigenvalue weighted by atomic mass is 127. The van der Waals surface area contributed by atoms with Crippen LogP contribution in [0.1, 0.15) is 23.2 Å². The minimum Gasteiger partial charge on any atom is -0.357 e. The van der Waals surface area contributed by atoms with Crippen molar-refractivity contribution < 1.29 is 13.2 Å². The van der Waals surface area contributed by atoms with E-state index in [1.807, 2.05) is 29.8 Å². The second-order valence-electron chi connectivity index (χ2n) is 5.99. The zero-order chi connectivity index (χ0) is 20.7. The quantitative estimate of drug-likeness (QED) is 0.266. The molecule has 0 atom stereocenters. The number of imidazole rings is 1. The van der Waals surface area contributed by atoms with Gasteiger partial charge in [-0.05, 0) is 18.6 Å². The van der Waals surface area contributed by atoms with Gasteiger partial charge in [-0.3, -0.25) is 4.57 Å². The highest BCUT2D eigenvalue weighted by molar-refractivity contribution is 14.0. The minimum absolute atomic E-state index is 0. The number of hydrogen-bond acceptors (Lipinski definition) is 5. The average molecular weight is 551 g/mol. The van der Waals surface area contributed by atoms with Crippen LogP contribution in [0.25, 0.3) is 5.82 Å². The zero-order valence-corrected chi connectivity index (χ0v) is 19.2. The maximum atomic E-state index is 12.6. The molecule has 0 radical (unpaired) electrons. The highest BCUT2D eigenvalue weighted by Crippen LogP contribution is 2.29. The maximum Gasteiger partial charge on any atom is 0.434 e. The molecule has 3 heterocycles. The van der Waals surface area contributed by atoms with Gasteiger partial charge in [0.25, 0.3) is 0 Å². The number of nitrogens with zero attached hydrogens (tertiary/aromatic N) is 5. The number of halogens is 4. The molecule has 0 aliphatic carbocycles. The van der Waals surface area contributed by atoms with E-state index in [0.717, 1.165) is 28.1 Å². The topological polar surface area (TPSA) is 80.0 Å². The molecule has 0 aromatic carbocycles. The normalized spacial score (nSPS) is 11.8. The molecule has 0 fully saturated rings. The fraction of sp³-hybridized carbons (Fsp3) is 0.333. The van der Waals surface area contributed by atoms with Crippen LogP contribution in [-0.4, -0.2) is 38.6 Å². The van der Waals surface area contributed by atoms with E-state index < -0.39 is 11.9 Å². The lowest BCUT2D eigenvalue weighted by molar-refractivity contribution is -0.140. The Hall–Kier alpha value is -2.22. The molecule has 3 rings (SSSR count). The van der Waals surface area contributed by atoms with E-state index in [0.29, 0.717) is 37.0 Å². The Bertz CT molecular complexity index is 924. The molecule has 12 heteroatoms. The van der Waals surface area contributed by atoms with E-state index in [2.05, 4.69) is 30.6 Å². The standard InChI is InChI=1S/C18H20F3N7S.HI/c1-2-23-17(24-6-5-16-27-14(11-29-16)18(19,20)21)26-10-13-3-4-15(25-9-13)28-8-7-22-12-28;/h3-4,7-9,11-12H,2,5-6,10H2,1H3,(H2,23,24,26);1H. The van der Waals surface area contributed by atoms with E-state index >= 15 is 0 Å². The van der Waals surface area contributed by atoms with Gasteiger partial charge < -0.3 is 10.6 Å². The second kappa shape index (κ2) is 11.2. The highest BCUT2D eigenvalue weighted by Gasteiger charge is 2.33. The van der Waals surface area contributed by atoms with Gasteiger partial charge >= 0.3 is 6.18 Å². The number of thiazole rings is 1. The van der Waals surface area contributed by atoms with E-state index in [1.54, 1.807) is 18.7 Å². The molecule has 2 N–H and O–H groups in total.